The van der Waals surface area contributed by atoms with Crippen molar-refractivity contribution in [3.05, 3.63) is 41.5 Å². The molecule has 0 radical (unpaired) electrons. The van der Waals surface area contributed by atoms with Gasteiger partial charge >= 0.3 is 0 Å². The van der Waals surface area contributed by atoms with Gasteiger partial charge in [-0.1, -0.05) is 29.3 Å². The lowest BCUT2D eigenvalue weighted by molar-refractivity contribution is -0.432. The molecule has 2 rings (SSSR count). The summed E-state index contributed by atoms with van der Waals surface area (Å²) in [4.78, 5) is 0.924. The summed E-state index contributed by atoms with van der Waals surface area (Å²) >= 11 is 1.00. The minimum atomic E-state index is 0.924. The van der Waals surface area contributed by atoms with Gasteiger partial charge in [0.1, 0.15) is 0 Å². The lowest BCUT2D eigenvalue weighted by Crippen LogP contribution is -1.85. The van der Waals surface area contributed by atoms with Gasteiger partial charge in [-0.2, -0.15) is 0 Å². The van der Waals surface area contributed by atoms with Gasteiger partial charge in [-0.25, -0.2) is 5.26 Å². The SMILES string of the molecule is Cc1cc(SOOO)c2cccc(C)c2c1. The second-order valence-corrected chi connectivity index (χ2v) is 4.40. The summed E-state index contributed by atoms with van der Waals surface area (Å²) in [7, 11) is 0. The lowest BCUT2D eigenvalue weighted by atomic mass is 10.0. The van der Waals surface area contributed by atoms with Gasteiger partial charge in [0.25, 0.3) is 0 Å². The Labute approximate surface area is 98.1 Å². The lowest BCUT2D eigenvalue weighted by Gasteiger charge is -2.08. The van der Waals surface area contributed by atoms with Crippen LogP contribution in [0.1, 0.15) is 11.1 Å². The van der Waals surface area contributed by atoms with Crippen LogP contribution in [0, 0.1) is 13.8 Å². The first-order chi connectivity index (χ1) is 7.72. The van der Waals surface area contributed by atoms with E-state index in [-0.39, 0.29) is 0 Å². The second-order valence-electron chi connectivity index (χ2n) is 3.66. The molecule has 0 fully saturated rings. The van der Waals surface area contributed by atoms with Crippen molar-refractivity contribution < 1.29 is 14.6 Å². The Morgan fingerprint density at radius 3 is 2.69 bits per heavy atom. The fourth-order valence-corrected chi connectivity index (χ4v) is 2.37. The normalized spacial score (nSPS) is 10.9. The van der Waals surface area contributed by atoms with Crippen molar-refractivity contribution in [2.45, 2.75) is 18.7 Å². The third-order valence-corrected chi connectivity index (χ3v) is 3.12. The average Bonchev–Trinajstić information content (AvgIpc) is 2.27. The zero-order valence-corrected chi connectivity index (χ0v) is 9.88. The Balaban J connectivity index is 2.59. The van der Waals surface area contributed by atoms with Crippen LogP contribution in [0.2, 0.25) is 0 Å². The van der Waals surface area contributed by atoms with E-state index in [0.29, 0.717) is 0 Å². The molecule has 2 aromatic carbocycles. The van der Waals surface area contributed by atoms with Crippen LogP contribution in [0.4, 0.5) is 0 Å². The van der Waals surface area contributed by atoms with Crippen molar-refractivity contribution >= 4 is 22.8 Å². The zero-order valence-electron chi connectivity index (χ0n) is 9.06. The molecule has 0 saturated heterocycles. The number of benzene rings is 2. The highest BCUT2D eigenvalue weighted by atomic mass is 32.2. The molecule has 0 spiro atoms. The van der Waals surface area contributed by atoms with Crippen molar-refractivity contribution in [3.63, 3.8) is 0 Å². The van der Waals surface area contributed by atoms with Crippen LogP contribution in [-0.2, 0) is 9.37 Å². The molecule has 2 aromatic rings. The van der Waals surface area contributed by atoms with Crippen LogP contribution in [0.3, 0.4) is 0 Å². The summed E-state index contributed by atoms with van der Waals surface area (Å²) < 4.78 is 4.49. The topological polar surface area (TPSA) is 38.7 Å². The average molecular weight is 236 g/mol. The molecule has 0 aliphatic heterocycles. The van der Waals surface area contributed by atoms with Gasteiger partial charge in [0, 0.05) is 4.90 Å². The maximum atomic E-state index is 8.18. The summed E-state index contributed by atoms with van der Waals surface area (Å²) in [5, 5.41) is 14.1. The maximum absolute atomic E-state index is 8.18. The van der Waals surface area contributed by atoms with E-state index < -0.39 is 0 Å². The highest BCUT2D eigenvalue weighted by Gasteiger charge is 2.06. The number of aryl methyl sites for hydroxylation is 2. The van der Waals surface area contributed by atoms with Gasteiger partial charge in [0.2, 0.25) is 0 Å². The molecular weight excluding hydrogens is 224 g/mol. The van der Waals surface area contributed by atoms with Crippen molar-refractivity contribution in [2.24, 2.45) is 0 Å². The van der Waals surface area contributed by atoms with Gasteiger partial charge in [-0.15, -0.1) is 4.33 Å². The van der Waals surface area contributed by atoms with Crippen LogP contribution in [-0.4, -0.2) is 5.26 Å². The van der Waals surface area contributed by atoms with Gasteiger partial charge in [-0.05, 0) is 41.8 Å². The molecule has 16 heavy (non-hydrogen) atoms. The van der Waals surface area contributed by atoms with Crippen LogP contribution in [0.15, 0.2) is 35.2 Å². The third-order valence-electron chi connectivity index (χ3n) is 2.47. The molecule has 0 heterocycles. The monoisotopic (exact) mass is 236 g/mol. The van der Waals surface area contributed by atoms with Crippen LogP contribution in [0.25, 0.3) is 10.8 Å². The molecule has 3 nitrogen and oxygen atoms in total. The molecule has 0 aromatic heterocycles. The number of hydrogen-bond acceptors (Lipinski definition) is 4. The maximum Gasteiger partial charge on any atom is 0.0721 e. The van der Waals surface area contributed by atoms with Gasteiger partial charge < -0.3 is 0 Å². The highest BCUT2D eigenvalue weighted by molar-refractivity contribution is 7.94. The Morgan fingerprint density at radius 1 is 1.12 bits per heavy atom. The van der Waals surface area contributed by atoms with Crippen molar-refractivity contribution in [3.8, 4) is 0 Å². The van der Waals surface area contributed by atoms with E-state index in [1.54, 1.807) is 0 Å². The Kier molecular flexibility index (Phi) is 3.46. The van der Waals surface area contributed by atoms with E-state index in [0.717, 1.165) is 27.9 Å². The first-order valence-corrected chi connectivity index (χ1v) is 5.61. The van der Waals surface area contributed by atoms with Gasteiger partial charge in [0.05, 0.1) is 12.0 Å². The summed E-state index contributed by atoms with van der Waals surface area (Å²) in [5.74, 6) is 0. The highest BCUT2D eigenvalue weighted by Crippen LogP contribution is 2.31. The molecule has 84 valence electrons. The van der Waals surface area contributed by atoms with Crippen LogP contribution < -0.4 is 0 Å². The van der Waals surface area contributed by atoms with E-state index in [4.69, 9.17) is 5.26 Å². The minimum Gasteiger partial charge on any atom is -0.220 e. The Hall–Kier alpha value is -1.07. The first-order valence-electron chi connectivity index (χ1n) is 4.87. The van der Waals surface area contributed by atoms with E-state index in [1.807, 2.05) is 25.1 Å². The quantitative estimate of drug-likeness (QED) is 0.498. The third kappa shape index (κ3) is 2.20. The molecule has 4 heteroatoms. The fraction of sp³-hybridized carbons (Fsp3) is 0.167. The van der Waals surface area contributed by atoms with Crippen molar-refractivity contribution in [2.75, 3.05) is 0 Å². The molecule has 0 aliphatic carbocycles. The van der Waals surface area contributed by atoms with E-state index in [1.165, 1.54) is 10.9 Å². The summed E-state index contributed by atoms with van der Waals surface area (Å²) in [6, 6.07) is 10.2. The van der Waals surface area contributed by atoms with Gasteiger partial charge in [0.15, 0.2) is 0 Å². The Bertz CT molecular complexity index is 511. The minimum absolute atomic E-state index is 0.924. The predicted molar refractivity (Wildman–Crippen MR) is 64.1 cm³/mol. The number of hydrogen-bond donors (Lipinski definition) is 1. The second kappa shape index (κ2) is 4.84. The largest absolute Gasteiger partial charge is 0.220 e. The van der Waals surface area contributed by atoms with E-state index in [2.05, 4.69) is 28.4 Å². The molecule has 0 atom stereocenters. The van der Waals surface area contributed by atoms with E-state index >= 15 is 0 Å². The van der Waals surface area contributed by atoms with Crippen molar-refractivity contribution in [1.82, 2.24) is 0 Å². The summed E-state index contributed by atoms with van der Waals surface area (Å²) in [5.41, 5.74) is 2.36. The Morgan fingerprint density at radius 2 is 1.94 bits per heavy atom. The zero-order chi connectivity index (χ0) is 11.5. The molecular formula is C12H12O3S. The predicted octanol–water partition coefficient (Wildman–Crippen LogP) is 3.88. The molecule has 0 bridgehead atoms. The molecule has 1 N–H and O–H groups in total. The van der Waals surface area contributed by atoms with Crippen molar-refractivity contribution in [1.29, 1.82) is 0 Å². The molecule has 0 saturated carbocycles. The first kappa shape index (κ1) is 11.4. The van der Waals surface area contributed by atoms with Crippen LogP contribution >= 0.6 is 12.0 Å². The summed E-state index contributed by atoms with van der Waals surface area (Å²) in [6.45, 7) is 4.09. The molecule has 0 unspecified atom stereocenters. The standard InChI is InChI=1S/C12H12O3S/c1-8-6-11-9(2)4-3-5-10(11)12(7-8)16-15-14-13/h3-7,13H,1-2H3. The van der Waals surface area contributed by atoms with E-state index in [9.17, 15) is 0 Å². The van der Waals surface area contributed by atoms with Crippen LogP contribution in [0.5, 0.6) is 0 Å². The van der Waals surface area contributed by atoms with Gasteiger partial charge in [-0.3, -0.25) is 0 Å². The smallest absolute Gasteiger partial charge is 0.0721 e. The molecule has 0 aliphatic rings. The molecule has 0 amide bonds. The summed E-state index contributed by atoms with van der Waals surface area (Å²) in [6.07, 6.45) is 0. The fourth-order valence-electron chi connectivity index (χ4n) is 1.76. The number of rotatable bonds is 3. The number of fused-ring (bicyclic) bond motifs is 1.